The average molecular weight is 240 g/mol. The lowest BCUT2D eigenvalue weighted by molar-refractivity contribution is -0.158. The molecular weight excluding hydrogens is 224 g/mol. The molecule has 1 fully saturated rings. The zero-order chi connectivity index (χ0) is 12.4. The van der Waals surface area contributed by atoms with E-state index in [0.29, 0.717) is 6.42 Å². The predicted octanol–water partition coefficient (Wildman–Crippen LogP) is 0.435. The Kier molecular flexibility index (Phi) is 3.47. The van der Waals surface area contributed by atoms with E-state index in [-0.39, 0.29) is 25.0 Å². The van der Waals surface area contributed by atoms with E-state index < -0.39 is 23.8 Å². The fourth-order valence-electron chi connectivity index (χ4n) is 2.81. The minimum absolute atomic E-state index is 0.00252. The number of ether oxygens (including phenoxy) is 1. The van der Waals surface area contributed by atoms with Crippen LogP contribution in [0.25, 0.3) is 0 Å². The molecule has 0 radical (unpaired) electrons. The fraction of sp³-hybridized carbons (Fsp3) is 0.667. The molecular formula is C12H16O5. The van der Waals surface area contributed by atoms with Gasteiger partial charge in [0.1, 0.15) is 0 Å². The molecule has 1 saturated carbocycles. The van der Waals surface area contributed by atoms with Crippen molar-refractivity contribution in [1.29, 1.82) is 0 Å². The second-order valence-electron chi connectivity index (χ2n) is 4.58. The predicted molar refractivity (Wildman–Crippen MR) is 58.0 cm³/mol. The zero-order valence-corrected chi connectivity index (χ0v) is 9.41. The highest BCUT2D eigenvalue weighted by molar-refractivity contribution is 5.83. The van der Waals surface area contributed by atoms with Crippen molar-refractivity contribution in [2.75, 3.05) is 13.2 Å². The van der Waals surface area contributed by atoms with Crippen molar-refractivity contribution < 1.29 is 24.5 Å². The molecule has 2 rings (SSSR count). The number of rotatable bonds is 5. The van der Waals surface area contributed by atoms with Gasteiger partial charge >= 0.3 is 11.9 Å². The van der Waals surface area contributed by atoms with Crippen molar-refractivity contribution in [2.45, 2.75) is 12.8 Å². The molecule has 0 aromatic heterocycles. The maximum absolute atomic E-state index is 11.8. The molecule has 5 heteroatoms. The van der Waals surface area contributed by atoms with E-state index in [1.807, 2.05) is 12.2 Å². The van der Waals surface area contributed by atoms with Crippen LogP contribution >= 0.6 is 0 Å². The summed E-state index contributed by atoms with van der Waals surface area (Å²) in [5.41, 5.74) is 0. The number of hydrogen-bond acceptors (Lipinski definition) is 4. The monoisotopic (exact) mass is 240 g/mol. The molecule has 2 aliphatic carbocycles. The molecule has 2 N–H and O–H groups in total. The number of allylic oxidation sites excluding steroid dienone is 2. The highest BCUT2D eigenvalue weighted by atomic mass is 16.5. The number of hydrogen-bond donors (Lipinski definition) is 2. The number of aliphatic carboxylic acids is 1. The van der Waals surface area contributed by atoms with E-state index in [0.717, 1.165) is 6.42 Å². The van der Waals surface area contributed by atoms with Crippen LogP contribution < -0.4 is 0 Å². The summed E-state index contributed by atoms with van der Waals surface area (Å²) in [6, 6.07) is 0. The van der Waals surface area contributed by atoms with Crippen LogP contribution in [-0.2, 0) is 14.3 Å². The summed E-state index contributed by atoms with van der Waals surface area (Å²) >= 11 is 0. The van der Waals surface area contributed by atoms with Crippen molar-refractivity contribution in [3.05, 3.63) is 12.2 Å². The summed E-state index contributed by atoms with van der Waals surface area (Å²) in [5.74, 6) is -2.60. The van der Waals surface area contributed by atoms with Crippen LogP contribution in [0.5, 0.6) is 0 Å². The van der Waals surface area contributed by atoms with Crippen molar-refractivity contribution in [3.8, 4) is 0 Å². The molecule has 0 aromatic carbocycles. The molecule has 0 aromatic rings. The first-order chi connectivity index (χ1) is 8.15. The summed E-state index contributed by atoms with van der Waals surface area (Å²) in [6.45, 7) is 0.117. The maximum Gasteiger partial charge on any atom is 0.310 e. The smallest absolute Gasteiger partial charge is 0.310 e. The van der Waals surface area contributed by atoms with Crippen molar-refractivity contribution in [1.82, 2.24) is 0 Å². The Morgan fingerprint density at radius 1 is 1.24 bits per heavy atom. The van der Waals surface area contributed by atoms with Crippen molar-refractivity contribution in [3.63, 3.8) is 0 Å². The Balaban J connectivity index is 2.01. The van der Waals surface area contributed by atoms with Gasteiger partial charge in [0, 0.05) is 13.0 Å². The van der Waals surface area contributed by atoms with Gasteiger partial charge in [-0.1, -0.05) is 12.2 Å². The quantitative estimate of drug-likeness (QED) is 0.414. The highest BCUT2D eigenvalue weighted by Gasteiger charge is 2.52. The van der Waals surface area contributed by atoms with Gasteiger partial charge in [-0.05, 0) is 18.3 Å². The van der Waals surface area contributed by atoms with E-state index in [9.17, 15) is 9.59 Å². The third-order valence-electron chi connectivity index (χ3n) is 3.56. The lowest BCUT2D eigenvalue weighted by Gasteiger charge is -2.22. The zero-order valence-electron chi connectivity index (χ0n) is 9.41. The van der Waals surface area contributed by atoms with Crippen LogP contribution in [0.4, 0.5) is 0 Å². The molecule has 0 aliphatic heterocycles. The van der Waals surface area contributed by atoms with Crippen LogP contribution in [0, 0.1) is 23.7 Å². The molecule has 17 heavy (non-hydrogen) atoms. The van der Waals surface area contributed by atoms with E-state index in [1.165, 1.54) is 0 Å². The normalized spacial score (nSPS) is 33.9. The van der Waals surface area contributed by atoms with Gasteiger partial charge in [-0.15, -0.1) is 0 Å². The van der Waals surface area contributed by atoms with Gasteiger partial charge in [-0.25, -0.2) is 0 Å². The van der Waals surface area contributed by atoms with Gasteiger partial charge in [0.25, 0.3) is 0 Å². The standard InChI is InChI=1S/C12H16O5/c13-4-1-5-17-12(16)10-8-3-2-7(6-8)9(10)11(14)15/h2-3,7-10,13H,1,4-6H2,(H,14,15). The lowest BCUT2D eigenvalue weighted by Crippen LogP contribution is -2.34. The average Bonchev–Trinajstić information content (AvgIpc) is 2.88. The van der Waals surface area contributed by atoms with Crippen molar-refractivity contribution in [2.24, 2.45) is 23.7 Å². The molecule has 2 bridgehead atoms. The Labute approximate surface area is 99.1 Å². The highest BCUT2D eigenvalue weighted by Crippen LogP contribution is 2.48. The first kappa shape index (κ1) is 12.1. The van der Waals surface area contributed by atoms with Gasteiger partial charge in [0.05, 0.1) is 18.4 Å². The van der Waals surface area contributed by atoms with Crippen LogP contribution in [0.1, 0.15) is 12.8 Å². The van der Waals surface area contributed by atoms with Gasteiger partial charge in [0.2, 0.25) is 0 Å². The summed E-state index contributed by atoms with van der Waals surface area (Å²) < 4.78 is 5.00. The van der Waals surface area contributed by atoms with Crippen LogP contribution in [0.3, 0.4) is 0 Å². The van der Waals surface area contributed by atoms with Crippen LogP contribution in [-0.4, -0.2) is 35.4 Å². The molecule has 0 spiro atoms. The number of carbonyl (C=O) groups is 2. The number of carbonyl (C=O) groups excluding carboxylic acids is 1. The molecule has 0 heterocycles. The number of aliphatic hydroxyl groups is 1. The largest absolute Gasteiger partial charge is 0.481 e. The minimum atomic E-state index is -0.925. The molecule has 5 nitrogen and oxygen atoms in total. The number of carboxylic acid groups (broad SMARTS) is 1. The SMILES string of the molecule is O=C(O)C1C2C=CC(C2)C1C(=O)OCCCO. The molecule has 94 valence electrons. The minimum Gasteiger partial charge on any atom is -0.481 e. The second-order valence-corrected chi connectivity index (χ2v) is 4.58. The molecule has 4 atom stereocenters. The summed E-state index contributed by atoms with van der Waals surface area (Å²) in [5, 5.41) is 17.7. The van der Waals surface area contributed by atoms with Crippen LogP contribution in [0.15, 0.2) is 12.2 Å². The number of fused-ring (bicyclic) bond motifs is 2. The van der Waals surface area contributed by atoms with Gasteiger partial charge in [-0.3, -0.25) is 9.59 Å². The third kappa shape index (κ3) is 2.20. The third-order valence-corrected chi connectivity index (χ3v) is 3.56. The fourth-order valence-corrected chi connectivity index (χ4v) is 2.81. The summed E-state index contributed by atoms with van der Waals surface area (Å²) in [4.78, 5) is 23.0. The van der Waals surface area contributed by atoms with Gasteiger partial charge in [0.15, 0.2) is 0 Å². The Hall–Kier alpha value is -1.36. The second kappa shape index (κ2) is 4.87. The molecule has 0 saturated heterocycles. The Morgan fingerprint density at radius 3 is 2.47 bits per heavy atom. The summed E-state index contributed by atoms with van der Waals surface area (Å²) in [7, 11) is 0. The molecule has 4 unspecified atom stereocenters. The van der Waals surface area contributed by atoms with E-state index in [1.54, 1.807) is 0 Å². The van der Waals surface area contributed by atoms with Crippen molar-refractivity contribution >= 4 is 11.9 Å². The first-order valence-corrected chi connectivity index (χ1v) is 5.83. The Morgan fingerprint density at radius 2 is 1.88 bits per heavy atom. The first-order valence-electron chi connectivity index (χ1n) is 5.83. The van der Waals surface area contributed by atoms with E-state index >= 15 is 0 Å². The topological polar surface area (TPSA) is 83.8 Å². The van der Waals surface area contributed by atoms with Crippen LogP contribution in [0.2, 0.25) is 0 Å². The maximum atomic E-state index is 11.8. The Bertz CT molecular complexity index is 349. The van der Waals surface area contributed by atoms with E-state index in [2.05, 4.69) is 0 Å². The molecule has 0 amide bonds. The van der Waals surface area contributed by atoms with Gasteiger partial charge < -0.3 is 14.9 Å². The number of esters is 1. The molecule has 2 aliphatic rings. The van der Waals surface area contributed by atoms with E-state index in [4.69, 9.17) is 14.9 Å². The lowest BCUT2D eigenvalue weighted by atomic mass is 9.83. The number of carboxylic acids is 1. The number of aliphatic hydroxyl groups excluding tert-OH is 1. The van der Waals surface area contributed by atoms with Gasteiger partial charge in [-0.2, -0.15) is 0 Å². The summed E-state index contributed by atoms with van der Waals surface area (Å²) in [6.07, 6.45) is 4.93.